The average molecular weight is 258 g/mol. The van der Waals surface area contributed by atoms with Crippen molar-refractivity contribution in [3.8, 4) is 0 Å². The van der Waals surface area contributed by atoms with Crippen molar-refractivity contribution >= 4 is 15.7 Å². The normalized spacial score (nSPS) is 35.0. The van der Waals surface area contributed by atoms with Gasteiger partial charge >= 0.3 is 0 Å². The van der Waals surface area contributed by atoms with E-state index in [2.05, 4.69) is 10.6 Å². The first kappa shape index (κ1) is 12.6. The zero-order valence-electron chi connectivity index (χ0n) is 9.90. The molecule has 0 aromatic rings. The Balaban J connectivity index is 2.00. The van der Waals surface area contributed by atoms with Gasteiger partial charge in [0.1, 0.15) is 0 Å². The number of rotatable bonds is 3. The van der Waals surface area contributed by atoms with Crippen LogP contribution in [-0.4, -0.2) is 38.2 Å². The van der Waals surface area contributed by atoms with Crippen molar-refractivity contribution in [2.24, 2.45) is 0 Å². The molecule has 0 radical (unpaired) electrons. The number of nitrogens with one attached hydrogen (secondary N) is 2. The third-order valence-corrected chi connectivity index (χ3v) is 4.92. The van der Waals surface area contributed by atoms with Crippen LogP contribution in [0.3, 0.4) is 0 Å². The molecule has 2 heterocycles. The molecule has 0 spiro atoms. The summed E-state index contributed by atoms with van der Waals surface area (Å²) in [5, 5.41) is 7.21. The van der Waals surface area contributed by atoms with Gasteiger partial charge in [0.25, 0.3) is 0 Å². The second kappa shape index (κ2) is 4.42. The van der Waals surface area contributed by atoms with E-state index in [9.17, 15) is 13.2 Å². The predicted molar refractivity (Wildman–Crippen MR) is 65.1 cm³/mol. The highest BCUT2D eigenvalue weighted by Gasteiger charge is 2.40. The summed E-state index contributed by atoms with van der Waals surface area (Å²) in [6.07, 6.45) is 4.08. The molecule has 96 valence electrons. The van der Waals surface area contributed by atoms with Gasteiger partial charge in [-0.25, -0.2) is 8.42 Å². The van der Waals surface area contributed by atoms with Crippen molar-refractivity contribution in [3.63, 3.8) is 0 Å². The zero-order valence-corrected chi connectivity index (χ0v) is 10.7. The molecular weight excluding hydrogens is 240 g/mol. The maximum atomic E-state index is 12.2. The molecule has 2 aliphatic heterocycles. The Morgan fingerprint density at radius 2 is 2.35 bits per heavy atom. The van der Waals surface area contributed by atoms with Crippen LogP contribution in [0.15, 0.2) is 11.5 Å². The van der Waals surface area contributed by atoms with E-state index in [-0.39, 0.29) is 17.7 Å². The lowest BCUT2D eigenvalue weighted by Crippen LogP contribution is -2.55. The van der Waals surface area contributed by atoms with Gasteiger partial charge in [-0.15, -0.1) is 0 Å². The van der Waals surface area contributed by atoms with Crippen LogP contribution >= 0.6 is 0 Å². The van der Waals surface area contributed by atoms with E-state index in [0.29, 0.717) is 0 Å². The smallest absolute Gasteiger partial charge is 0.240 e. The molecule has 1 amide bonds. The van der Waals surface area contributed by atoms with Crippen LogP contribution in [0.4, 0.5) is 0 Å². The van der Waals surface area contributed by atoms with Gasteiger partial charge in [-0.2, -0.15) is 0 Å². The minimum Gasteiger partial charge on any atom is -0.347 e. The Morgan fingerprint density at radius 3 is 2.82 bits per heavy atom. The van der Waals surface area contributed by atoms with Crippen LogP contribution in [0.1, 0.15) is 26.2 Å². The fourth-order valence-corrected chi connectivity index (χ4v) is 3.67. The monoisotopic (exact) mass is 258 g/mol. The first-order valence-corrected chi connectivity index (χ1v) is 7.66. The standard InChI is InChI=1S/C11H18N2O3S/c1-2-11(5-3-6-12-11)10(14)13-9-4-7-17(15,16)8-9/h4,7,9,12H,2-3,5-6,8H2,1H3,(H,13,14). The van der Waals surface area contributed by atoms with Crippen LogP contribution in [0.2, 0.25) is 0 Å². The summed E-state index contributed by atoms with van der Waals surface area (Å²) < 4.78 is 22.5. The topological polar surface area (TPSA) is 75.3 Å². The Kier molecular flexibility index (Phi) is 3.27. The Morgan fingerprint density at radius 1 is 1.59 bits per heavy atom. The van der Waals surface area contributed by atoms with Crippen LogP contribution in [0.5, 0.6) is 0 Å². The molecule has 1 saturated heterocycles. The number of hydrogen-bond acceptors (Lipinski definition) is 4. The third kappa shape index (κ3) is 2.52. The van der Waals surface area contributed by atoms with E-state index >= 15 is 0 Å². The van der Waals surface area contributed by atoms with E-state index < -0.39 is 15.4 Å². The maximum absolute atomic E-state index is 12.2. The summed E-state index contributed by atoms with van der Waals surface area (Å²) in [5.74, 6) is -0.0947. The summed E-state index contributed by atoms with van der Waals surface area (Å²) in [7, 11) is -3.11. The van der Waals surface area contributed by atoms with E-state index in [1.807, 2.05) is 6.92 Å². The van der Waals surface area contributed by atoms with E-state index in [4.69, 9.17) is 0 Å². The number of amides is 1. The summed E-state index contributed by atoms with van der Waals surface area (Å²) in [6.45, 7) is 2.82. The largest absolute Gasteiger partial charge is 0.347 e. The molecule has 5 nitrogen and oxygen atoms in total. The van der Waals surface area contributed by atoms with Gasteiger partial charge in [0.2, 0.25) is 5.91 Å². The quantitative estimate of drug-likeness (QED) is 0.744. The minimum absolute atomic E-state index is 0.0153. The highest BCUT2D eigenvalue weighted by atomic mass is 32.2. The van der Waals surface area contributed by atoms with E-state index in [1.54, 1.807) is 6.08 Å². The Labute approximate surface area is 102 Å². The van der Waals surface area contributed by atoms with Gasteiger partial charge in [0.15, 0.2) is 9.84 Å². The van der Waals surface area contributed by atoms with Crippen molar-refractivity contribution < 1.29 is 13.2 Å². The van der Waals surface area contributed by atoms with Crippen molar-refractivity contribution in [2.45, 2.75) is 37.8 Å². The fourth-order valence-electron chi connectivity index (χ4n) is 2.43. The lowest BCUT2D eigenvalue weighted by atomic mass is 9.93. The molecule has 0 aliphatic carbocycles. The molecule has 17 heavy (non-hydrogen) atoms. The molecule has 1 fully saturated rings. The minimum atomic E-state index is -3.11. The third-order valence-electron chi connectivity index (χ3n) is 3.53. The Bertz CT molecular complexity index is 436. The van der Waals surface area contributed by atoms with Crippen molar-refractivity contribution in [2.75, 3.05) is 12.3 Å². The average Bonchev–Trinajstić information content (AvgIpc) is 2.86. The SMILES string of the molecule is CCC1(C(=O)NC2C=CS(=O)(=O)C2)CCCN1. The van der Waals surface area contributed by atoms with Crippen LogP contribution in [-0.2, 0) is 14.6 Å². The van der Waals surface area contributed by atoms with Gasteiger partial charge in [0, 0.05) is 5.41 Å². The van der Waals surface area contributed by atoms with Crippen molar-refractivity contribution in [3.05, 3.63) is 11.5 Å². The molecule has 6 heteroatoms. The molecule has 2 unspecified atom stereocenters. The molecule has 0 aromatic carbocycles. The first-order chi connectivity index (χ1) is 7.97. The molecule has 0 aromatic heterocycles. The summed E-state index contributed by atoms with van der Waals surface area (Å²) in [4.78, 5) is 12.2. The van der Waals surface area contributed by atoms with Gasteiger partial charge in [0.05, 0.1) is 17.3 Å². The van der Waals surface area contributed by atoms with Crippen LogP contribution < -0.4 is 10.6 Å². The van der Waals surface area contributed by atoms with Crippen molar-refractivity contribution in [1.29, 1.82) is 0 Å². The molecule has 0 saturated carbocycles. The van der Waals surface area contributed by atoms with E-state index in [0.717, 1.165) is 25.8 Å². The summed E-state index contributed by atoms with van der Waals surface area (Å²) in [5.41, 5.74) is -0.500. The molecule has 2 atom stereocenters. The molecule has 2 aliphatic rings. The molecule has 0 bridgehead atoms. The highest BCUT2D eigenvalue weighted by Crippen LogP contribution is 2.23. The van der Waals surface area contributed by atoms with Crippen LogP contribution in [0.25, 0.3) is 0 Å². The maximum Gasteiger partial charge on any atom is 0.240 e. The summed E-state index contributed by atoms with van der Waals surface area (Å²) >= 11 is 0. The molecular formula is C11H18N2O3S. The second-order valence-electron chi connectivity index (χ2n) is 4.70. The van der Waals surface area contributed by atoms with E-state index in [1.165, 1.54) is 5.41 Å². The summed E-state index contributed by atoms with van der Waals surface area (Å²) in [6, 6.07) is -0.377. The fraction of sp³-hybridized carbons (Fsp3) is 0.727. The van der Waals surface area contributed by atoms with Gasteiger partial charge in [-0.1, -0.05) is 6.92 Å². The van der Waals surface area contributed by atoms with Crippen LogP contribution in [0, 0.1) is 0 Å². The van der Waals surface area contributed by atoms with Gasteiger partial charge in [-0.05, 0) is 31.9 Å². The first-order valence-electron chi connectivity index (χ1n) is 5.94. The number of carbonyl (C=O) groups excluding carboxylic acids is 1. The number of hydrogen-bond donors (Lipinski definition) is 2. The second-order valence-corrected chi connectivity index (χ2v) is 6.64. The highest BCUT2D eigenvalue weighted by molar-refractivity contribution is 7.94. The Hall–Kier alpha value is -0.880. The molecule has 2 N–H and O–H groups in total. The molecule has 2 rings (SSSR count). The zero-order chi connectivity index (χ0) is 12.5. The van der Waals surface area contributed by atoms with Crippen molar-refractivity contribution in [1.82, 2.24) is 10.6 Å². The lowest BCUT2D eigenvalue weighted by molar-refractivity contribution is -0.127. The number of carbonyl (C=O) groups is 1. The number of sulfone groups is 1. The lowest BCUT2D eigenvalue weighted by Gasteiger charge is -2.28. The predicted octanol–water partition coefficient (Wildman–Crippen LogP) is -0.0545. The van der Waals surface area contributed by atoms with Gasteiger partial charge < -0.3 is 10.6 Å². The van der Waals surface area contributed by atoms with Gasteiger partial charge in [-0.3, -0.25) is 4.79 Å².